The number of hydrogen-bond donors (Lipinski definition) is 0. The number of amidine groups is 1. The van der Waals surface area contributed by atoms with Gasteiger partial charge in [0.2, 0.25) is 0 Å². The van der Waals surface area contributed by atoms with Crippen molar-refractivity contribution >= 4 is 86.8 Å². The fourth-order valence-electron chi connectivity index (χ4n) is 8.06. The van der Waals surface area contributed by atoms with E-state index in [1.54, 1.807) is 0 Å². The van der Waals surface area contributed by atoms with E-state index in [2.05, 4.69) is 156 Å². The Hall–Kier alpha value is -6.30. The fraction of sp³-hybridized carbons (Fsp3) is 0.0435. The Labute approximate surface area is 297 Å². The number of hydrogen-bond acceptors (Lipinski definition) is 4. The van der Waals surface area contributed by atoms with Gasteiger partial charge in [-0.2, -0.15) is 0 Å². The molecule has 0 fully saturated rings. The van der Waals surface area contributed by atoms with Gasteiger partial charge in [-0.3, -0.25) is 4.99 Å². The number of para-hydroxylation sites is 2. The zero-order chi connectivity index (χ0) is 33.5. The third kappa shape index (κ3) is 4.32. The van der Waals surface area contributed by atoms with E-state index in [1.807, 2.05) is 17.4 Å². The highest BCUT2D eigenvalue weighted by Crippen LogP contribution is 2.50. The summed E-state index contributed by atoms with van der Waals surface area (Å²) in [6.45, 7) is 0. The summed E-state index contributed by atoms with van der Waals surface area (Å²) in [6.07, 6.45) is 0.715. The number of furan rings is 1. The van der Waals surface area contributed by atoms with Crippen LogP contribution in [0.15, 0.2) is 172 Å². The molecule has 0 saturated carbocycles. The molecule has 4 heterocycles. The van der Waals surface area contributed by atoms with Crippen LogP contribution in [0.25, 0.3) is 69.6 Å². The van der Waals surface area contributed by atoms with Gasteiger partial charge in [-0.25, -0.2) is 4.99 Å². The molecule has 4 nitrogen and oxygen atoms in total. The minimum Gasteiger partial charge on any atom is -0.454 e. The molecule has 1 aliphatic rings. The van der Waals surface area contributed by atoms with E-state index in [1.165, 1.54) is 36.3 Å². The molecule has 51 heavy (non-hydrogen) atoms. The van der Waals surface area contributed by atoms with Crippen LogP contribution < -0.4 is 0 Å². The molecule has 240 valence electrons. The number of aliphatic imine (C=N–C) groups is 2. The van der Waals surface area contributed by atoms with Crippen LogP contribution in [0.1, 0.15) is 29.2 Å². The van der Waals surface area contributed by atoms with E-state index in [0.717, 1.165) is 61.5 Å². The first-order chi connectivity index (χ1) is 25.3. The minimum atomic E-state index is -0.0959. The maximum atomic E-state index is 6.90. The summed E-state index contributed by atoms with van der Waals surface area (Å²) >= 11 is 1.88. The molecule has 0 amide bonds. The van der Waals surface area contributed by atoms with E-state index in [9.17, 15) is 0 Å². The molecule has 0 aliphatic carbocycles. The average Bonchev–Trinajstić information content (AvgIpc) is 3.88. The molecule has 0 N–H and O–H groups in total. The summed E-state index contributed by atoms with van der Waals surface area (Å²) in [5.41, 5.74) is 9.51. The highest BCUT2D eigenvalue weighted by atomic mass is 32.1. The van der Waals surface area contributed by atoms with Crippen molar-refractivity contribution in [2.75, 3.05) is 0 Å². The molecular weight excluding hydrogens is 643 g/mol. The zero-order valence-electron chi connectivity index (χ0n) is 27.5. The lowest BCUT2D eigenvalue weighted by molar-refractivity contribution is 0.671. The lowest BCUT2D eigenvalue weighted by atomic mass is 9.95. The number of rotatable bonds is 4. The molecule has 1 unspecified atom stereocenters. The van der Waals surface area contributed by atoms with Gasteiger partial charge in [0, 0.05) is 59.4 Å². The summed E-state index contributed by atoms with van der Waals surface area (Å²) in [7, 11) is 0. The topological polar surface area (TPSA) is 42.8 Å². The highest BCUT2D eigenvalue weighted by Gasteiger charge is 2.27. The van der Waals surface area contributed by atoms with Crippen molar-refractivity contribution in [1.29, 1.82) is 0 Å². The lowest BCUT2D eigenvalue weighted by Gasteiger charge is -2.22. The standard InChI is InChI=1S/C46H29N3OS/c1-3-14-28(15-4-1)35-27-36(48-46(47-35)29-16-5-2-6-17-29)30-18-13-19-31(26-30)49-37-23-10-7-20-32(37)42-43(49)44-40(33-21-8-11-24-38(33)50-44)41-34-22-9-12-25-39(34)51-45(41)42/h1-26,36H,27H2. The number of fused-ring (bicyclic) bond motifs is 12. The van der Waals surface area contributed by atoms with E-state index in [-0.39, 0.29) is 6.04 Å². The van der Waals surface area contributed by atoms with Crippen LogP contribution in [0.3, 0.4) is 0 Å². The normalized spacial score (nSPS) is 15.0. The first-order valence-corrected chi connectivity index (χ1v) is 18.2. The van der Waals surface area contributed by atoms with Crippen LogP contribution in [0, 0.1) is 0 Å². The Bertz CT molecular complexity index is 3060. The van der Waals surface area contributed by atoms with Crippen LogP contribution >= 0.6 is 11.3 Å². The maximum Gasteiger partial charge on any atom is 0.160 e. The van der Waals surface area contributed by atoms with Crippen molar-refractivity contribution in [3.63, 3.8) is 0 Å². The molecule has 3 aromatic heterocycles. The molecular formula is C46H29N3OS. The van der Waals surface area contributed by atoms with Crippen LogP contribution in [-0.4, -0.2) is 16.1 Å². The number of aromatic nitrogens is 1. The predicted octanol–water partition coefficient (Wildman–Crippen LogP) is 12.4. The van der Waals surface area contributed by atoms with Gasteiger partial charge < -0.3 is 8.98 Å². The Morgan fingerprint density at radius 1 is 0.608 bits per heavy atom. The quantitative estimate of drug-likeness (QED) is 0.184. The van der Waals surface area contributed by atoms with E-state index in [4.69, 9.17) is 14.4 Å². The van der Waals surface area contributed by atoms with Crippen molar-refractivity contribution in [2.45, 2.75) is 12.5 Å². The van der Waals surface area contributed by atoms with Gasteiger partial charge in [0.15, 0.2) is 11.4 Å². The first kappa shape index (κ1) is 28.5. The minimum absolute atomic E-state index is 0.0959. The van der Waals surface area contributed by atoms with E-state index in [0.29, 0.717) is 6.42 Å². The molecule has 0 saturated heterocycles. The fourth-order valence-corrected chi connectivity index (χ4v) is 9.33. The summed E-state index contributed by atoms with van der Waals surface area (Å²) in [4.78, 5) is 10.4. The maximum absolute atomic E-state index is 6.90. The van der Waals surface area contributed by atoms with Gasteiger partial charge in [-0.05, 0) is 41.5 Å². The van der Waals surface area contributed by atoms with E-state index < -0.39 is 0 Å². The Balaban J connectivity index is 1.19. The molecule has 0 bridgehead atoms. The number of thiophene rings is 1. The summed E-state index contributed by atoms with van der Waals surface area (Å²) < 4.78 is 11.9. The van der Waals surface area contributed by atoms with Gasteiger partial charge in [0.1, 0.15) is 5.58 Å². The molecule has 11 rings (SSSR count). The third-order valence-corrected chi connectivity index (χ3v) is 11.5. The summed E-state index contributed by atoms with van der Waals surface area (Å²) in [5.74, 6) is 0.768. The second-order valence-corrected chi connectivity index (χ2v) is 14.3. The van der Waals surface area contributed by atoms with Crippen LogP contribution in [0.4, 0.5) is 0 Å². The molecule has 0 spiro atoms. The van der Waals surface area contributed by atoms with Crippen LogP contribution in [0.2, 0.25) is 0 Å². The Kier molecular flexibility index (Phi) is 6.21. The van der Waals surface area contributed by atoms with E-state index >= 15 is 0 Å². The largest absolute Gasteiger partial charge is 0.454 e. The smallest absolute Gasteiger partial charge is 0.160 e. The van der Waals surface area contributed by atoms with Crippen LogP contribution in [0.5, 0.6) is 0 Å². The monoisotopic (exact) mass is 671 g/mol. The molecule has 7 aromatic carbocycles. The second kappa shape index (κ2) is 11.1. The Morgan fingerprint density at radius 2 is 1.31 bits per heavy atom. The summed E-state index contributed by atoms with van der Waals surface area (Å²) in [5, 5.41) is 7.33. The van der Waals surface area contributed by atoms with Crippen molar-refractivity contribution in [1.82, 2.24) is 4.57 Å². The molecule has 1 aliphatic heterocycles. The van der Waals surface area contributed by atoms with Gasteiger partial charge >= 0.3 is 0 Å². The van der Waals surface area contributed by atoms with Gasteiger partial charge in [0.25, 0.3) is 0 Å². The molecule has 5 heteroatoms. The van der Waals surface area contributed by atoms with Crippen LogP contribution in [-0.2, 0) is 0 Å². The number of nitrogens with zero attached hydrogens (tertiary/aromatic N) is 3. The highest BCUT2D eigenvalue weighted by molar-refractivity contribution is 7.27. The van der Waals surface area contributed by atoms with Crippen molar-refractivity contribution in [3.05, 3.63) is 174 Å². The molecule has 0 radical (unpaired) electrons. The van der Waals surface area contributed by atoms with Gasteiger partial charge in [0.05, 0.1) is 22.8 Å². The summed E-state index contributed by atoms with van der Waals surface area (Å²) in [6, 6.07) is 55.7. The second-order valence-electron chi connectivity index (χ2n) is 13.2. The van der Waals surface area contributed by atoms with Gasteiger partial charge in [-0.15, -0.1) is 11.3 Å². The lowest BCUT2D eigenvalue weighted by Crippen LogP contribution is -2.17. The Morgan fingerprint density at radius 3 is 2.16 bits per heavy atom. The SMILES string of the molecule is c1ccc(C2=NC(c3ccccc3)=NC(c3cccc(-n4c5ccccc5c5c6sc7ccccc7c6c6c7ccccc7oc6c54)c3)C2)cc1. The molecule has 10 aromatic rings. The number of benzene rings is 7. The third-order valence-electron chi connectivity index (χ3n) is 10.3. The van der Waals surface area contributed by atoms with Crippen molar-refractivity contribution in [2.24, 2.45) is 9.98 Å². The first-order valence-electron chi connectivity index (χ1n) is 17.3. The average molecular weight is 672 g/mol. The van der Waals surface area contributed by atoms with Crippen molar-refractivity contribution < 1.29 is 4.42 Å². The zero-order valence-corrected chi connectivity index (χ0v) is 28.3. The van der Waals surface area contributed by atoms with Crippen molar-refractivity contribution in [3.8, 4) is 5.69 Å². The van der Waals surface area contributed by atoms with Gasteiger partial charge in [-0.1, -0.05) is 127 Å². The predicted molar refractivity (Wildman–Crippen MR) is 214 cm³/mol. The molecule has 1 atom stereocenters.